The van der Waals surface area contributed by atoms with Crippen LogP contribution >= 0.6 is 0 Å². The Kier molecular flexibility index (Phi) is 7.52. The first-order valence-corrected chi connectivity index (χ1v) is 4.11. The molecule has 0 heterocycles. The summed E-state index contributed by atoms with van der Waals surface area (Å²) < 4.78 is 10.6. The van der Waals surface area contributed by atoms with E-state index in [0.717, 1.165) is 13.0 Å². The summed E-state index contributed by atoms with van der Waals surface area (Å²) in [6, 6.07) is 0. The molecule has 0 aromatic carbocycles. The molecular weight excluding hydrogens is 140 g/mol. The smallest absolute Gasteiger partial charge is 0.0780 e. The third-order valence-corrected chi connectivity index (χ3v) is 1.19. The summed E-state index contributed by atoms with van der Waals surface area (Å²) in [6.45, 7) is 9.75. The lowest BCUT2D eigenvalue weighted by Crippen LogP contribution is -2.16. The molecule has 0 bridgehead atoms. The topological polar surface area (TPSA) is 18.5 Å². The summed E-state index contributed by atoms with van der Waals surface area (Å²) in [5.74, 6) is 0. The number of rotatable bonds is 7. The molecule has 0 radical (unpaired) electrons. The fourth-order valence-corrected chi connectivity index (χ4v) is 0.684. The largest absolute Gasteiger partial charge is 0.376 e. The van der Waals surface area contributed by atoms with Crippen LogP contribution in [0.2, 0.25) is 0 Å². The van der Waals surface area contributed by atoms with Crippen LogP contribution < -0.4 is 0 Å². The molecule has 0 aromatic rings. The van der Waals surface area contributed by atoms with Gasteiger partial charge in [0.15, 0.2) is 0 Å². The maximum Gasteiger partial charge on any atom is 0.0780 e. The summed E-state index contributed by atoms with van der Waals surface area (Å²) in [7, 11) is 0. The van der Waals surface area contributed by atoms with Crippen molar-refractivity contribution >= 4 is 0 Å². The molecule has 0 N–H and O–H groups in total. The summed E-state index contributed by atoms with van der Waals surface area (Å²) in [5.41, 5.74) is 0. The van der Waals surface area contributed by atoms with Gasteiger partial charge in [-0.3, -0.25) is 0 Å². The van der Waals surface area contributed by atoms with Crippen LogP contribution in [0.15, 0.2) is 12.7 Å². The zero-order valence-corrected chi connectivity index (χ0v) is 7.51. The monoisotopic (exact) mass is 158 g/mol. The molecule has 11 heavy (non-hydrogen) atoms. The summed E-state index contributed by atoms with van der Waals surface area (Å²) >= 11 is 0. The molecule has 0 amide bonds. The molecule has 0 spiro atoms. The second-order valence-corrected chi connectivity index (χ2v) is 2.51. The van der Waals surface area contributed by atoms with Crippen molar-refractivity contribution in [2.24, 2.45) is 0 Å². The van der Waals surface area contributed by atoms with Gasteiger partial charge in [0, 0.05) is 6.61 Å². The zero-order valence-electron chi connectivity index (χ0n) is 7.51. The normalized spacial score (nSPS) is 12.9. The summed E-state index contributed by atoms with van der Waals surface area (Å²) in [4.78, 5) is 0. The van der Waals surface area contributed by atoms with E-state index in [1.54, 1.807) is 6.08 Å². The van der Waals surface area contributed by atoms with Gasteiger partial charge in [-0.2, -0.15) is 0 Å². The van der Waals surface area contributed by atoms with E-state index in [1.807, 2.05) is 6.92 Å². The van der Waals surface area contributed by atoms with Crippen LogP contribution in [0.25, 0.3) is 0 Å². The second-order valence-electron chi connectivity index (χ2n) is 2.51. The van der Waals surface area contributed by atoms with Crippen LogP contribution in [0, 0.1) is 0 Å². The second kappa shape index (κ2) is 7.76. The van der Waals surface area contributed by atoms with Crippen LogP contribution in [0.3, 0.4) is 0 Å². The number of hydrogen-bond acceptors (Lipinski definition) is 2. The van der Waals surface area contributed by atoms with Gasteiger partial charge in [0.2, 0.25) is 0 Å². The molecule has 0 fully saturated rings. The van der Waals surface area contributed by atoms with Gasteiger partial charge in [0.25, 0.3) is 0 Å². The van der Waals surface area contributed by atoms with Crippen LogP contribution in [0.4, 0.5) is 0 Å². The van der Waals surface area contributed by atoms with Gasteiger partial charge in [0.1, 0.15) is 0 Å². The lowest BCUT2D eigenvalue weighted by Gasteiger charge is -2.11. The van der Waals surface area contributed by atoms with E-state index < -0.39 is 0 Å². The summed E-state index contributed by atoms with van der Waals surface area (Å²) in [5, 5.41) is 0. The predicted molar refractivity (Wildman–Crippen MR) is 46.7 cm³/mol. The number of ether oxygens (including phenoxy) is 2. The molecule has 2 heteroatoms. The quantitative estimate of drug-likeness (QED) is 0.417. The van der Waals surface area contributed by atoms with Crippen molar-refractivity contribution in [1.82, 2.24) is 0 Å². The van der Waals surface area contributed by atoms with Gasteiger partial charge in [-0.1, -0.05) is 13.0 Å². The fourth-order valence-electron chi connectivity index (χ4n) is 0.684. The van der Waals surface area contributed by atoms with Gasteiger partial charge in [0.05, 0.1) is 19.3 Å². The molecule has 0 aromatic heterocycles. The van der Waals surface area contributed by atoms with Gasteiger partial charge in [-0.25, -0.2) is 0 Å². The molecular formula is C9H18O2. The molecule has 0 saturated carbocycles. The lowest BCUT2D eigenvalue weighted by atomic mass is 10.4. The third-order valence-electron chi connectivity index (χ3n) is 1.19. The highest BCUT2D eigenvalue weighted by molar-refractivity contribution is 4.64. The van der Waals surface area contributed by atoms with E-state index in [1.165, 1.54) is 0 Å². The predicted octanol–water partition coefficient (Wildman–Crippen LogP) is 2.00. The van der Waals surface area contributed by atoms with Gasteiger partial charge in [-0.05, 0) is 13.3 Å². The average molecular weight is 158 g/mol. The van der Waals surface area contributed by atoms with Crippen LogP contribution in [0.5, 0.6) is 0 Å². The Morgan fingerprint density at radius 1 is 1.55 bits per heavy atom. The van der Waals surface area contributed by atoms with Gasteiger partial charge >= 0.3 is 0 Å². The standard InChI is InChI=1S/C9H18O2/c1-4-6-10-8-9(3)11-7-5-2/h4,9H,1,5-8H2,2-3H3. The van der Waals surface area contributed by atoms with Crippen molar-refractivity contribution in [2.45, 2.75) is 26.4 Å². The maximum atomic E-state index is 5.38. The SMILES string of the molecule is C=CCOCC(C)OCCC. The van der Waals surface area contributed by atoms with Gasteiger partial charge < -0.3 is 9.47 Å². The summed E-state index contributed by atoms with van der Waals surface area (Å²) in [6.07, 6.45) is 3.01. The Morgan fingerprint density at radius 2 is 2.27 bits per heavy atom. The lowest BCUT2D eigenvalue weighted by molar-refractivity contribution is 0.000911. The highest BCUT2D eigenvalue weighted by atomic mass is 16.5. The minimum atomic E-state index is 0.204. The van der Waals surface area contributed by atoms with Crippen LogP contribution in [-0.4, -0.2) is 25.9 Å². The van der Waals surface area contributed by atoms with Crippen LogP contribution in [0.1, 0.15) is 20.3 Å². The van der Waals surface area contributed by atoms with E-state index >= 15 is 0 Å². The Hall–Kier alpha value is -0.340. The Morgan fingerprint density at radius 3 is 2.82 bits per heavy atom. The minimum absolute atomic E-state index is 0.204. The van der Waals surface area contributed by atoms with E-state index in [2.05, 4.69) is 13.5 Å². The first-order chi connectivity index (χ1) is 5.31. The third kappa shape index (κ3) is 7.56. The minimum Gasteiger partial charge on any atom is -0.376 e. The molecule has 0 saturated heterocycles. The Labute approximate surface area is 69.2 Å². The molecule has 2 nitrogen and oxygen atoms in total. The first kappa shape index (κ1) is 10.7. The molecule has 0 rings (SSSR count). The van der Waals surface area contributed by atoms with E-state index in [4.69, 9.17) is 9.47 Å². The molecule has 1 unspecified atom stereocenters. The Balaban J connectivity index is 3.08. The van der Waals surface area contributed by atoms with Gasteiger partial charge in [-0.15, -0.1) is 6.58 Å². The highest BCUT2D eigenvalue weighted by Crippen LogP contribution is 1.93. The van der Waals surface area contributed by atoms with Crippen molar-refractivity contribution in [3.63, 3.8) is 0 Å². The average Bonchev–Trinajstić information content (AvgIpc) is 2.01. The first-order valence-electron chi connectivity index (χ1n) is 4.11. The number of hydrogen-bond donors (Lipinski definition) is 0. The molecule has 0 aliphatic rings. The molecule has 0 aliphatic heterocycles. The Bertz CT molecular complexity index is 91.6. The maximum absolute atomic E-state index is 5.38. The molecule has 1 atom stereocenters. The highest BCUT2D eigenvalue weighted by Gasteiger charge is 1.99. The van der Waals surface area contributed by atoms with E-state index in [9.17, 15) is 0 Å². The fraction of sp³-hybridized carbons (Fsp3) is 0.778. The van der Waals surface area contributed by atoms with E-state index in [0.29, 0.717) is 13.2 Å². The molecule has 0 aliphatic carbocycles. The van der Waals surface area contributed by atoms with Crippen molar-refractivity contribution in [3.05, 3.63) is 12.7 Å². The van der Waals surface area contributed by atoms with E-state index in [-0.39, 0.29) is 6.10 Å². The zero-order chi connectivity index (χ0) is 8.53. The molecule has 66 valence electrons. The van der Waals surface area contributed by atoms with Crippen molar-refractivity contribution in [1.29, 1.82) is 0 Å². The van der Waals surface area contributed by atoms with Crippen molar-refractivity contribution < 1.29 is 9.47 Å². The van der Waals surface area contributed by atoms with Crippen LogP contribution in [-0.2, 0) is 9.47 Å². The van der Waals surface area contributed by atoms with Crippen molar-refractivity contribution in [3.8, 4) is 0 Å². The van der Waals surface area contributed by atoms with Crippen molar-refractivity contribution in [2.75, 3.05) is 19.8 Å².